The van der Waals surface area contributed by atoms with Gasteiger partial charge in [-0.05, 0) is 30.5 Å². The van der Waals surface area contributed by atoms with Crippen molar-refractivity contribution in [3.05, 3.63) is 92.6 Å². The van der Waals surface area contributed by atoms with Crippen molar-refractivity contribution in [1.82, 2.24) is 18.7 Å². The Kier molecular flexibility index (Phi) is 5.24. The fraction of sp³-hybridized carbons (Fsp3) is 0.269. The molecule has 0 saturated carbocycles. The van der Waals surface area contributed by atoms with Gasteiger partial charge in [-0.1, -0.05) is 67.1 Å². The fourth-order valence-electron chi connectivity index (χ4n) is 4.47. The molecule has 0 radical (unpaired) electrons. The molecule has 1 atom stereocenters. The lowest BCUT2D eigenvalue weighted by molar-refractivity contribution is 0.458. The van der Waals surface area contributed by atoms with E-state index in [1.54, 1.807) is 7.05 Å². The zero-order valence-electron chi connectivity index (χ0n) is 19.1. The molecule has 1 aliphatic heterocycles. The summed E-state index contributed by atoms with van der Waals surface area (Å²) in [7, 11) is 1.68. The monoisotopic (exact) mass is 441 g/mol. The molecule has 4 aromatic rings. The summed E-state index contributed by atoms with van der Waals surface area (Å²) in [5.41, 5.74) is 3.47. The lowest BCUT2D eigenvalue weighted by Crippen LogP contribution is -2.40. The molecule has 0 saturated heterocycles. The summed E-state index contributed by atoms with van der Waals surface area (Å²) < 4.78 is 4.74. The Balaban J connectivity index is 1.63. The maximum absolute atomic E-state index is 13.5. The van der Waals surface area contributed by atoms with E-state index in [1.807, 2.05) is 47.1 Å². The lowest BCUT2D eigenvalue weighted by Gasteiger charge is -2.33. The predicted octanol–water partition coefficient (Wildman–Crippen LogP) is 3.71. The molecule has 0 unspecified atom stereocenters. The average molecular weight is 442 g/mol. The van der Waals surface area contributed by atoms with Gasteiger partial charge in [0, 0.05) is 32.4 Å². The summed E-state index contributed by atoms with van der Waals surface area (Å²) in [6, 6.07) is 18.1. The van der Waals surface area contributed by atoms with Gasteiger partial charge in [-0.2, -0.15) is 4.98 Å². The van der Waals surface area contributed by atoms with Crippen molar-refractivity contribution < 1.29 is 0 Å². The third kappa shape index (κ3) is 3.69. The number of imidazole rings is 1. The van der Waals surface area contributed by atoms with Crippen molar-refractivity contribution in [2.24, 2.45) is 13.0 Å². The Morgan fingerprint density at radius 2 is 1.76 bits per heavy atom. The number of fused-ring (bicyclic) bond motifs is 3. The van der Waals surface area contributed by atoms with Gasteiger partial charge < -0.3 is 9.47 Å². The van der Waals surface area contributed by atoms with Crippen LogP contribution in [-0.2, 0) is 20.1 Å². The molecule has 7 nitrogen and oxygen atoms in total. The van der Waals surface area contributed by atoms with Gasteiger partial charge in [-0.25, -0.2) is 4.79 Å². The van der Waals surface area contributed by atoms with E-state index in [2.05, 4.69) is 43.0 Å². The van der Waals surface area contributed by atoms with Crippen LogP contribution in [0.2, 0.25) is 0 Å². The normalized spacial score (nSPS) is 16.0. The largest absolute Gasteiger partial charge is 0.332 e. The molecule has 7 heteroatoms. The standard InChI is InChI=1S/C26H27N5O2/c1-18-11-13-21(14-12-18)30-16-19(2)17-31-22-23(27-25(30)31)28(3)26(33)29(24(22)32)15-7-10-20-8-5-4-6-9-20/h4-14,19H,15-17H2,1-3H3/b10-7+/t19-/m1/s1. The Morgan fingerprint density at radius 1 is 1.03 bits per heavy atom. The second-order valence-corrected chi connectivity index (χ2v) is 8.82. The molecule has 5 rings (SSSR count). The number of aryl methyl sites for hydroxylation is 2. The summed E-state index contributed by atoms with van der Waals surface area (Å²) in [5, 5.41) is 0. The molecule has 33 heavy (non-hydrogen) atoms. The minimum atomic E-state index is -0.365. The molecule has 168 valence electrons. The van der Waals surface area contributed by atoms with Crippen LogP contribution in [0.3, 0.4) is 0 Å². The minimum absolute atomic E-state index is 0.202. The van der Waals surface area contributed by atoms with E-state index in [0.717, 1.165) is 17.8 Å². The van der Waals surface area contributed by atoms with Crippen LogP contribution < -0.4 is 16.1 Å². The van der Waals surface area contributed by atoms with Gasteiger partial charge in [0.15, 0.2) is 11.2 Å². The quantitative estimate of drug-likeness (QED) is 0.484. The first-order valence-corrected chi connectivity index (χ1v) is 11.2. The van der Waals surface area contributed by atoms with Gasteiger partial charge >= 0.3 is 5.69 Å². The summed E-state index contributed by atoms with van der Waals surface area (Å²) in [5.74, 6) is 1.02. The van der Waals surface area contributed by atoms with Crippen LogP contribution in [0.4, 0.5) is 11.6 Å². The number of hydrogen-bond acceptors (Lipinski definition) is 4. The predicted molar refractivity (Wildman–Crippen MR) is 132 cm³/mol. The summed E-state index contributed by atoms with van der Waals surface area (Å²) in [4.78, 5) is 33.5. The Hall–Kier alpha value is -3.87. The molecule has 0 spiro atoms. The van der Waals surface area contributed by atoms with E-state index in [0.29, 0.717) is 29.6 Å². The summed E-state index contributed by atoms with van der Waals surface area (Å²) >= 11 is 0. The van der Waals surface area contributed by atoms with Crippen molar-refractivity contribution >= 4 is 28.9 Å². The number of nitrogens with zero attached hydrogens (tertiary/aromatic N) is 5. The van der Waals surface area contributed by atoms with Crippen LogP contribution in [0.25, 0.3) is 17.2 Å². The highest BCUT2D eigenvalue weighted by Crippen LogP contribution is 2.32. The van der Waals surface area contributed by atoms with Crippen molar-refractivity contribution in [3.8, 4) is 0 Å². The highest BCUT2D eigenvalue weighted by molar-refractivity contribution is 5.77. The molecule has 0 fully saturated rings. The van der Waals surface area contributed by atoms with Gasteiger partial charge in [-0.3, -0.25) is 13.9 Å². The van der Waals surface area contributed by atoms with Crippen LogP contribution in [0.1, 0.15) is 18.1 Å². The first-order chi connectivity index (χ1) is 15.9. The highest BCUT2D eigenvalue weighted by atomic mass is 16.2. The van der Waals surface area contributed by atoms with Gasteiger partial charge in [0.1, 0.15) is 0 Å². The van der Waals surface area contributed by atoms with E-state index < -0.39 is 0 Å². The van der Waals surface area contributed by atoms with Gasteiger partial charge in [-0.15, -0.1) is 0 Å². The van der Waals surface area contributed by atoms with Crippen LogP contribution in [0, 0.1) is 12.8 Å². The molecule has 0 N–H and O–H groups in total. The van der Waals surface area contributed by atoms with E-state index in [-0.39, 0.29) is 17.8 Å². The van der Waals surface area contributed by atoms with Crippen molar-refractivity contribution in [3.63, 3.8) is 0 Å². The third-order valence-electron chi connectivity index (χ3n) is 6.19. The molecule has 0 aliphatic carbocycles. The second-order valence-electron chi connectivity index (χ2n) is 8.82. The van der Waals surface area contributed by atoms with Crippen molar-refractivity contribution in [1.29, 1.82) is 0 Å². The zero-order chi connectivity index (χ0) is 23.1. The van der Waals surface area contributed by atoms with E-state index in [1.165, 1.54) is 14.7 Å². The molecule has 0 bridgehead atoms. The van der Waals surface area contributed by atoms with Crippen LogP contribution in [-0.4, -0.2) is 25.2 Å². The summed E-state index contributed by atoms with van der Waals surface area (Å²) in [6.07, 6.45) is 3.77. The first kappa shape index (κ1) is 21.0. The minimum Gasteiger partial charge on any atom is -0.312 e. The number of allylic oxidation sites excluding steroid dienone is 1. The van der Waals surface area contributed by atoms with E-state index in [4.69, 9.17) is 4.98 Å². The Bertz CT molecular complexity index is 1460. The van der Waals surface area contributed by atoms with Gasteiger partial charge in [0.05, 0.1) is 0 Å². The van der Waals surface area contributed by atoms with Gasteiger partial charge in [0.2, 0.25) is 5.95 Å². The smallest absolute Gasteiger partial charge is 0.312 e. The highest BCUT2D eigenvalue weighted by Gasteiger charge is 2.29. The number of anilines is 2. The molecule has 3 heterocycles. The summed E-state index contributed by atoms with van der Waals surface area (Å²) in [6.45, 7) is 5.91. The Labute approximate surface area is 191 Å². The molecule has 1 aliphatic rings. The van der Waals surface area contributed by atoms with Crippen LogP contribution >= 0.6 is 0 Å². The SMILES string of the molecule is Cc1ccc(N2C[C@@H](C)Cn3c2nc2c3c(=O)n(C/C=C/c3ccccc3)c(=O)n2C)cc1. The molecule has 2 aromatic carbocycles. The van der Waals surface area contributed by atoms with E-state index in [9.17, 15) is 9.59 Å². The molecule has 0 amide bonds. The maximum Gasteiger partial charge on any atom is 0.332 e. The first-order valence-electron chi connectivity index (χ1n) is 11.2. The topological polar surface area (TPSA) is 65.1 Å². The third-order valence-corrected chi connectivity index (χ3v) is 6.19. The molecule has 2 aromatic heterocycles. The number of rotatable bonds is 4. The number of aromatic nitrogens is 4. The molecular formula is C26H27N5O2. The number of benzene rings is 2. The number of hydrogen-bond donors (Lipinski definition) is 0. The zero-order valence-corrected chi connectivity index (χ0v) is 19.1. The van der Waals surface area contributed by atoms with Crippen LogP contribution in [0.5, 0.6) is 0 Å². The van der Waals surface area contributed by atoms with Crippen molar-refractivity contribution in [2.75, 3.05) is 11.4 Å². The van der Waals surface area contributed by atoms with Gasteiger partial charge in [0.25, 0.3) is 5.56 Å². The average Bonchev–Trinajstić information content (AvgIpc) is 3.20. The van der Waals surface area contributed by atoms with E-state index >= 15 is 0 Å². The van der Waals surface area contributed by atoms with Crippen molar-refractivity contribution in [2.45, 2.75) is 26.9 Å². The maximum atomic E-state index is 13.5. The van der Waals surface area contributed by atoms with Crippen LogP contribution in [0.15, 0.2) is 70.3 Å². The lowest BCUT2D eigenvalue weighted by atomic mass is 10.1. The Morgan fingerprint density at radius 3 is 2.48 bits per heavy atom. The second kappa shape index (κ2) is 8.24. The fourth-order valence-corrected chi connectivity index (χ4v) is 4.47. The molecular weight excluding hydrogens is 414 g/mol.